The molecular formula is C9H15N3OS. The van der Waals surface area contributed by atoms with E-state index in [4.69, 9.17) is 0 Å². The maximum Gasteiger partial charge on any atom is 0.205 e. The molecule has 0 amide bonds. The minimum Gasteiger partial charge on any atom is -0.391 e. The van der Waals surface area contributed by atoms with Crippen LogP contribution in [0, 0.1) is 0 Å². The van der Waals surface area contributed by atoms with Crippen molar-refractivity contribution in [2.24, 2.45) is 0 Å². The van der Waals surface area contributed by atoms with E-state index in [9.17, 15) is 5.11 Å². The van der Waals surface area contributed by atoms with Gasteiger partial charge in [0.15, 0.2) is 0 Å². The van der Waals surface area contributed by atoms with E-state index in [1.54, 1.807) is 5.51 Å². The number of rotatable bonds is 2. The lowest BCUT2D eigenvalue weighted by Gasteiger charge is -2.20. The zero-order valence-corrected chi connectivity index (χ0v) is 8.83. The standard InChI is InChI=1S/C9H15N3OS/c13-8-5-3-1-2-4-7(8)11-9-12-10-6-14-9/h6-8,13H,1-5H2,(H,11,12). The smallest absolute Gasteiger partial charge is 0.205 e. The molecule has 14 heavy (non-hydrogen) atoms. The molecular weight excluding hydrogens is 198 g/mol. The molecule has 0 saturated heterocycles. The predicted octanol–water partition coefficient (Wildman–Crippen LogP) is 1.64. The van der Waals surface area contributed by atoms with Gasteiger partial charge in [-0.1, -0.05) is 30.6 Å². The summed E-state index contributed by atoms with van der Waals surface area (Å²) in [6.45, 7) is 0. The summed E-state index contributed by atoms with van der Waals surface area (Å²) in [6, 6.07) is 0.158. The molecule has 1 aliphatic carbocycles. The summed E-state index contributed by atoms with van der Waals surface area (Å²) >= 11 is 1.48. The highest BCUT2D eigenvalue weighted by molar-refractivity contribution is 7.13. The number of aromatic nitrogens is 2. The number of aliphatic hydroxyl groups excluding tert-OH is 1. The van der Waals surface area contributed by atoms with Crippen molar-refractivity contribution in [1.82, 2.24) is 10.2 Å². The van der Waals surface area contributed by atoms with E-state index in [1.165, 1.54) is 24.2 Å². The Kier molecular flexibility index (Phi) is 3.31. The predicted molar refractivity (Wildman–Crippen MR) is 56.4 cm³/mol. The van der Waals surface area contributed by atoms with Crippen LogP contribution in [0.15, 0.2) is 5.51 Å². The molecule has 0 radical (unpaired) electrons. The Morgan fingerprint density at radius 2 is 2.21 bits per heavy atom. The molecule has 1 fully saturated rings. The third kappa shape index (κ3) is 2.42. The maximum atomic E-state index is 9.84. The lowest BCUT2D eigenvalue weighted by molar-refractivity contribution is 0.144. The Balaban J connectivity index is 1.94. The summed E-state index contributed by atoms with van der Waals surface area (Å²) in [4.78, 5) is 0. The average Bonchev–Trinajstić information content (AvgIpc) is 2.60. The number of hydrogen-bond acceptors (Lipinski definition) is 5. The van der Waals surface area contributed by atoms with Gasteiger partial charge in [-0.2, -0.15) is 0 Å². The Hall–Kier alpha value is -0.680. The monoisotopic (exact) mass is 213 g/mol. The second-order valence-corrected chi connectivity index (χ2v) is 4.53. The summed E-state index contributed by atoms with van der Waals surface area (Å²) < 4.78 is 0. The summed E-state index contributed by atoms with van der Waals surface area (Å²) in [6.07, 6.45) is 5.24. The molecule has 1 aromatic heterocycles. The van der Waals surface area contributed by atoms with Gasteiger partial charge in [-0.3, -0.25) is 0 Å². The minimum absolute atomic E-state index is 0.158. The molecule has 0 aliphatic heterocycles. The van der Waals surface area contributed by atoms with E-state index in [1.807, 2.05) is 0 Å². The van der Waals surface area contributed by atoms with Crippen molar-refractivity contribution < 1.29 is 5.11 Å². The Labute approximate surface area is 87.4 Å². The van der Waals surface area contributed by atoms with Crippen LogP contribution in [-0.4, -0.2) is 27.4 Å². The lowest BCUT2D eigenvalue weighted by atomic mass is 10.1. The zero-order chi connectivity index (χ0) is 9.80. The highest BCUT2D eigenvalue weighted by Crippen LogP contribution is 2.21. The van der Waals surface area contributed by atoms with Crippen LogP contribution in [0.5, 0.6) is 0 Å². The topological polar surface area (TPSA) is 58.0 Å². The van der Waals surface area contributed by atoms with Gasteiger partial charge in [-0.05, 0) is 12.8 Å². The number of anilines is 1. The molecule has 5 heteroatoms. The molecule has 0 aromatic carbocycles. The number of aliphatic hydroxyl groups is 1. The molecule has 0 bridgehead atoms. The van der Waals surface area contributed by atoms with Crippen molar-refractivity contribution in [3.63, 3.8) is 0 Å². The van der Waals surface area contributed by atoms with Gasteiger partial charge < -0.3 is 10.4 Å². The molecule has 1 aliphatic rings. The van der Waals surface area contributed by atoms with Crippen molar-refractivity contribution in [3.05, 3.63) is 5.51 Å². The van der Waals surface area contributed by atoms with E-state index in [0.29, 0.717) is 0 Å². The Bertz CT molecular complexity index is 265. The third-order valence-electron chi connectivity index (χ3n) is 2.65. The van der Waals surface area contributed by atoms with Crippen LogP contribution in [0.25, 0.3) is 0 Å². The van der Waals surface area contributed by atoms with E-state index in [-0.39, 0.29) is 12.1 Å². The second kappa shape index (κ2) is 4.70. The van der Waals surface area contributed by atoms with Gasteiger partial charge in [0.1, 0.15) is 5.51 Å². The molecule has 1 aromatic rings. The van der Waals surface area contributed by atoms with Gasteiger partial charge in [0.2, 0.25) is 5.13 Å². The fraction of sp³-hybridized carbons (Fsp3) is 0.778. The molecule has 2 atom stereocenters. The van der Waals surface area contributed by atoms with Crippen molar-refractivity contribution in [1.29, 1.82) is 0 Å². The van der Waals surface area contributed by atoms with Gasteiger partial charge in [-0.15, -0.1) is 10.2 Å². The SMILES string of the molecule is OC1CCCCCC1Nc1nncs1. The van der Waals surface area contributed by atoms with Crippen molar-refractivity contribution in [2.45, 2.75) is 44.2 Å². The van der Waals surface area contributed by atoms with Crippen LogP contribution >= 0.6 is 11.3 Å². The van der Waals surface area contributed by atoms with Crippen molar-refractivity contribution >= 4 is 16.5 Å². The molecule has 1 saturated carbocycles. The molecule has 2 N–H and O–H groups in total. The summed E-state index contributed by atoms with van der Waals surface area (Å²) in [5, 5.41) is 21.6. The quantitative estimate of drug-likeness (QED) is 0.733. The normalized spacial score (nSPS) is 28.4. The van der Waals surface area contributed by atoms with Crippen molar-refractivity contribution in [3.8, 4) is 0 Å². The number of nitrogens with zero attached hydrogens (tertiary/aromatic N) is 2. The Morgan fingerprint density at radius 1 is 1.36 bits per heavy atom. The highest BCUT2D eigenvalue weighted by Gasteiger charge is 2.21. The van der Waals surface area contributed by atoms with Gasteiger partial charge in [0, 0.05) is 0 Å². The third-order valence-corrected chi connectivity index (χ3v) is 3.27. The van der Waals surface area contributed by atoms with E-state index >= 15 is 0 Å². The fourth-order valence-electron chi connectivity index (χ4n) is 1.85. The van der Waals surface area contributed by atoms with E-state index in [2.05, 4.69) is 15.5 Å². The fourth-order valence-corrected chi connectivity index (χ4v) is 2.36. The first-order valence-corrected chi connectivity index (χ1v) is 5.95. The first-order valence-electron chi connectivity index (χ1n) is 5.07. The second-order valence-electron chi connectivity index (χ2n) is 3.70. The number of hydrogen-bond donors (Lipinski definition) is 2. The van der Waals surface area contributed by atoms with Crippen LogP contribution in [0.4, 0.5) is 5.13 Å². The zero-order valence-electron chi connectivity index (χ0n) is 8.02. The molecule has 4 nitrogen and oxygen atoms in total. The van der Waals surface area contributed by atoms with E-state index < -0.39 is 0 Å². The van der Waals surface area contributed by atoms with Gasteiger partial charge >= 0.3 is 0 Å². The largest absolute Gasteiger partial charge is 0.391 e. The molecule has 2 rings (SSSR count). The molecule has 78 valence electrons. The first kappa shape index (κ1) is 9.86. The van der Waals surface area contributed by atoms with Crippen LogP contribution in [0.2, 0.25) is 0 Å². The Morgan fingerprint density at radius 3 is 3.00 bits per heavy atom. The molecule has 1 heterocycles. The summed E-state index contributed by atoms with van der Waals surface area (Å²) in [5.41, 5.74) is 1.70. The summed E-state index contributed by atoms with van der Waals surface area (Å²) in [7, 11) is 0. The minimum atomic E-state index is -0.235. The average molecular weight is 213 g/mol. The summed E-state index contributed by atoms with van der Waals surface area (Å²) in [5.74, 6) is 0. The molecule has 0 spiro atoms. The van der Waals surface area contributed by atoms with Gasteiger partial charge in [0.05, 0.1) is 12.1 Å². The molecule has 2 unspecified atom stereocenters. The van der Waals surface area contributed by atoms with Gasteiger partial charge in [-0.25, -0.2) is 0 Å². The lowest BCUT2D eigenvalue weighted by Crippen LogP contribution is -2.32. The van der Waals surface area contributed by atoms with E-state index in [0.717, 1.165) is 24.4 Å². The van der Waals surface area contributed by atoms with Crippen LogP contribution in [0.1, 0.15) is 32.1 Å². The van der Waals surface area contributed by atoms with Gasteiger partial charge in [0.25, 0.3) is 0 Å². The van der Waals surface area contributed by atoms with Crippen molar-refractivity contribution in [2.75, 3.05) is 5.32 Å². The highest BCUT2D eigenvalue weighted by atomic mass is 32.1. The van der Waals surface area contributed by atoms with Crippen LogP contribution in [0.3, 0.4) is 0 Å². The van der Waals surface area contributed by atoms with Crippen LogP contribution in [-0.2, 0) is 0 Å². The van der Waals surface area contributed by atoms with Crippen LogP contribution < -0.4 is 5.32 Å². The maximum absolute atomic E-state index is 9.84. The number of nitrogens with one attached hydrogen (secondary N) is 1. The first-order chi connectivity index (χ1) is 6.86.